The molecule has 0 atom stereocenters. The van der Waals surface area contributed by atoms with Gasteiger partial charge in [-0.2, -0.15) is 0 Å². The molecule has 2 aromatic carbocycles. The average molecular weight is 393 g/mol. The van der Waals surface area contributed by atoms with Crippen molar-refractivity contribution in [1.29, 1.82) is 0 Å². The summed E-state index contributed by atoms with van der Waals surface area (Å²) < 4.78 is 7.81. The van der Waals surface area contributed by atoms with Gasteiger partial charge in [0, 0.05) is 39.1 Å². The van der Waals surface area contributed by atoms with E-state index in [1.54, 1.807) is 24.5 Å². The minimum absolute atomic E-state index is 0.0825. The fourth-order valence-electron chi connectivity index (χ4n) is 3.05. The quantitative estimate of drug-likeness (QED) is 0.563. The van der Waals surface area contributed by atoms with Gasteiger partial charge in [0.05, 0.1) is 12.9 Å². The molecule has 3 rings (SSSR count). The molecule has 0 spiro atoms. The minimum atomic E-state index is -0.0825. The van der Waals surface area contributed by atoms with Crippen LogP contribution in [0.2, 0.25) is 0 Å². The van der Waals surface area contributed by atoms with Gasteiger partial charge < -0.3 is 19.5 Å². The molecule has 1 heterocycles. The molecule has 29 heavy (non-hydrogen) atoms. The van der Waals surface area contributed by atoms with Crippen molar-refractivity contribution in [1.82, 2.24) is 19.8 Å². The van der Waals surface area contributed by atoms with E-state index in [9.17, 15) is 4.79 Å². The van der Waals surface area contributed by atoms with Crippen LogP contribution in [0.4, 0.5) is 4.79 Å². The van der Waals surface area contributed by atoms with Crippen molar-refractivity contribution in [2.24, 2.45) is 0 Å². The third kappa shape index (κ3) is 6.38. The summed E-state index contributed by atoms with van der Waals surface area (Å²) in [7, 11) is 1.80. The summed E-state index contributed by atoms with van der Waals surface area (Å²) in [6.45, 7) is 4.51. The SMILES string of the molecule is Cc1ccccc1OCCCN(C)C(=O)NCc1cccc(Cn2ccnc2)c1. The third-order valence-corrected chi connectivity index (χ3v) is 4.70. The van der Waals surface area contributed by atoms with E-state index in [-0.39, 0.29) is 6.03 Å². The van der Waals surface area contributed by atoms with Gasteiger partial charge in [-0.15, -0.1) is 0 Å². The van der Waals surface area contributed by atoms with Crippen LogP contribution in [0.3, 0.4) is 0 Å². The van der Waals surface area contributed by atoms with Crippen LogP contribution in [0.15, 0.2) is 67.3 Å². The van der Waals surface area contributed by atoms with Crippen molar-refractivity contribution in [2.75, 3.05) is 20.2 Å². The zero-order valence-corrected chi connectivity index (χ0v) is 17.0. The Hall–Kier alpha value is -3.28. The summed E-state index contributed by atoms with van der Waals surface area (Å²) >= 11 is 0. The number of benzene rings is 2. The number of rotatable bonds is 9. The number of carbonyl (C=O) groups excluding carboxylic acids is 1. The summed E-state index contributed by atoms with van der Waals surface area (Å²) in [5.74, 6) is 0.898. The highest BCUT2D eigenvalue weighted by molar-refractivity contribution is 5.73. The number of hydrogen-bond acceptors (Lipinski definition) is 3. The summed E-state index contributed by atoms with van der Waals surface area (Å²) in [5, 5.41) is 2.98. The fraction of sp³-hybridized carbons (Fsp3) is 0.304. The molecule has 0 bridgehead atoms. The number of urea groups is 1. The van der Waals surface area contributed by atoms with E-state index in [1.165, 1.54) is 5.56 Å². The first-order valence-corrected chi connectivity index (χ1v) is 9.83. The Labute approximate surface area is 172 Å². The number of amides is 2. The molecule has 2 amide bonds. The maximum Gasteiger partial charge on any atom is 0.317 e. The van der Waals surface area contributed by atoms with Gasteiger partial charge in [0.15, 0.2) is 0 Å². The molecule has 0 aliphatic heterocycles. The van der Waals surface area contributed by atoms with Crippen LogP contribution in [0.5, 0.6) is 5.75 Å². The second-order valence-corrected chi connectivity index (χ2v) is 7.10. The summed E-state index contributed by atoms with van der Waals surface area (Å²) in [6.07, 6.45) is 6.28. The molecule has 0 aliphatic carbocycles. The molecule has 1 aromatic heterocycles. The van der Waals surface area contributed by atoms with E-state index in [4.69, 9.17) is 4.74 Å². The zero-order chi connectivity index (χ0) is 20.5. The molecule has 0 fully saturated rings. The number of nitrogens with one attached hydrogen (secondary N) is 1. The molecule has 6 nitrogen and oxygen atoms in total. The Morgan fingerprint density at radius 1 is 1.17 bits per heavy atom. The Bertz CT molecular complexity index is 909. The third-order valence-electron chi connectivity index (χ3n) is 4.70. The lowest BCUT2D eigenvalue weighted by Gasteiger charge is -2.18. The zero-order valence-electron chi connectivity index (χ0n) is 17.0. The van der Waals surface area contributed by atoms with Crippen LogP contribution >= 0.6 is 0 Å². The van der Waals surface area contributed by atoms with Gasteiger partial charge in [-0.05, 0) is 36.1 Å². The Morgan fingerprint density at radius 2 is 2.00 bits per heavy atom. The lowest BCUT2D eigenvalue weighted by Crippen LogP contribution is -2.37. The standard InChI is InChI=1S/C23H28N4O2/c1-19-7-3-4-10-22(19)29-14-6-12-26(2)23(28)25-16-20-8-5-9-21(15-20)17-27-13-11-24-18-27/h3-5,7-11,13,15,18H,6,12,14,16-17H2,1-2H3,(H,25,28). The molecular weight excluding hydrogens is 364 g/mol. The van der Waals surface area contributed by atoms with E-state index in [0.717, 1.165) is 29.8 Å². The van der Waals surface area contributed by atoms with Crippen LogP contribution in [0, 0.1) is 6.92 Å². The normalized spacial score (nSPS) is 10.6. The van der Waals surface area contributed by atoms with Gasteiger partial charge in [0.2, 0.25) is 0 Å². The number of aryl methyl sites for hydroxylation is 1. The number of carbonyl (C=O) groups is 1. The van der Waals surface area contributed by atoms with Gasteiger partial charge >= 0.3 is 6.03 Å². The van der Waals surface area contributed by atoms with Crippen molar-refractivity contribution in [3.8, 4) is 5.75 Å². The number of ether oxygens (including phenoxy) is 1. The first-order valence-electron chi connectivity index (χ1n) is 9.83. The summed E-state index contributed by atoms with van der Waals surface area (Å²) in [4.78, 5) is 18.1. The van der Waals surface area contributed by atoms with Crippen molar-refractivity contribution < 1.29 is 9.53 Å². The highest BCUT2D eigenvalue weighted by Gasteiger charge is 2.08. The molecule has 0 unspecified atom stereocenters. The molecule has 0 radical (unpaired) electrons. The first-order chi connectivity index (χ1) is 14.1. The number of aromatic nitrogens is 2. The van der Waals surface area contributed by atoms with Crippen molar-refractivity contribution in [3.05, 3.63) is 83.9 Å². The number of imidazole rings is 1. The lowest BCUT2D eigenvalue weighted by molar-refractivity contribution is 0.203. The summed E-state index contributed by atoms with van der Waals surface area (Å²) in [5.41, 5.74) is 3.37. The molecule has 0 aliphatic rings. The van der Waals surface area contributed by atoms with Crippen LogP contribution in [-0.2, 0) is 13.1 Å². The molecule has 0 saturated carbocycles. The monoisotopic (exact) mass is 392 g/mol. The molecule has 152 valence electrons. The highest BCUT2D eigenvalue weighted by Crippen LogP contribution is 2.16. The second-order valence-electron chi connectivity index (χ2n) is 7.10. The molecule has 3 aromatic rings. The Kier molecular flexibility index (Phi) is 7.28. The van der Waals surface area contributed by atoms with Gasteiger partial charge in [0.25, 0.3) is 0 Å². The van der Waals surface area contributed by atoms with Gasteiger partial charge in [-0.3, -0.25) is 0 Å². The topological polar surface area (TPSA) is 59.4 Å². The van der Waals surface area contributed by atoms with Gasteiger partial charge in [-0.25, -0.2) is 9.78 Å². The Balaban J connectivity index is 1.39. The largest absolute Gasteiger partial charge is 0.493 e. The maximum atomic E-state index is 12.3. The minimum Gasteiger partial charge on any atom is -0.493 e. The van der Waals surface area contributed by atoms with Crippen LogP contribution in [0.1, 0.15) is 23.1 Å². The fourth-order valence-corrected chi connectivity index (χ4v) is 3.05. The van der Waals surface area contributed by atoms with E-state index in [2.05, 4.69) is 22.4 Å². The number of nitrogens with zero attached hydrogens (tertiary/aromatic N) is 3. The molecule has 6 heteroatoms. The maximum absolute atomic E-state index is 12.3. The number of hydrogen-bond donors (Lipinski definition) is 1. The average Bonchev–Trinajstić information content (AvgIpc) is 3.23. The van der Waals surface area contributed by atoms with Crippen LogP contribution in [0.25, 0.3) is 0 Å². The molecule has 0 saturated heterocycles. The lowest BCUT2D eigenvalue weighted by atomic mass is 10.1. The van der Waals surface area contributed by atoms with Gasteiger partial charge in [0.1, 0.15) is 5.75 Å². The van der Waals surface area contributed by atoms with Crippen LogP contribution in [-0.4, -0.2) is 40.7 Å². The van der Waals surface area contributed by atoms with E-state index >= 15 is 0 Å². The Morgan fingerprint density at radius 3 is 2.79 bits per heavy atom. The molecular formula is C23H28N4O2. The smallest absolute Gasteiger partial charge is 0.317 e. The van der Waals surface area contributed by atoms with Crippen molar-refractivity contribution >= 4 is 6.03 Å². The van der Waals surface area contributed by atoms with E-state index in [1.807, 2.05) is 54.1 Å². The summed E-state index contributed by atoms with van der Waals surface area (Å²) in [6, 6.07) is 16.1. The van der Waals surface area contributed by atoms with Crippen molar-refractivity contribution in [2.45, 2.75) is 26.4 Å². The van der Waals surface area contributed by atoms with Crippen molar-refractivity contribution in [3.63, 3.8) is 0 Å². The number of para-hydroxylation sites is 1. The van der Waals surface area contributed by atoms with E-state index in [0.29, 0.717) is 19.7 Å². The van der Waals surface area contributed by atoms with Crippen LogP contribution < -0.4 is 10.1 Å². The second kappa shape index (κ2) is 10.3. The predicted octanol–water partition coefficient (Wildman–Crippen LogP) is 3.85. The predicted molar refractivity (Wildman–Crippen MR) is 114 cm³/mol. The van der Waals surface area contributed by atoms with Gasteiger partial charge in [-0.1, -0.05) is 42.5 Å². The highest BCUT2D eigenvalue weighted by atomic mass is 16.5. The first kappa shape index (κ1) is 20.5. The van der Waals surface area contributed by atoms with E-state index < -0.39 is 0 Å². The molecule has 1 N–H and O–H groups in total.